The summed E-state index contributed by atoms with van der Waals surface area (Å²) in [4.78, 5) is 11.5. The van der Waals surface area contributed by atoms with E-state index < -0.39 is 0 Å². The van der Waals surface area contributed by atoms with Gasteiger partial charge in [-0.1, -0.05) is 19.1 Å². The van der Waals surface area contributed by atoms with Crippen LogP contribution in [0, 0.1) is 0 Å². The van der Waals surface area contributed by atoms with Crippen LogP contribution in [0.15, 0.2) is 24.3 Å². The molecule has 1 aromatic carbocycles. The van der Waals surface area contributed by atoms with Crippen LogP contribution >= 0.6 is 0 Å². The van der Waals surface area contributed by atoms with Crippen molar-refractivity contribution in [1.29, 1.82) is 0 Å². The number of amides is 1. The molecule has 1 N–H and O–H groups in total. The van der Waals surface area contributed by atoms with E-state index in [0.29, 0.717) is 6.42 Å². The second-order valence-electron chi connectivity index (χ2n) is 5.67. The summed E-state index contributed by atoms with van der Waals surface area (Å²) in [6, 6.07) is 8.19. The Kier molecular flexibility index (Phi) is 4.13. The molecule has 104 valence electrons. The molecule has 0 saturated carbocycles. The molecule has 1 aliphatic rings. The summed E-state index contributed by atoms with van der Waals surface area (Å²) in [6.45, 7) is 6.19. The third-order valence-electron chi connectivity index (χ3n) is 3.72. The fourth-order valence-electron chi connectivity index (χ4n) is 2.69. The number of carbonyl (C=O) groups excluding carboxylic acids is 1. The van der Waals surface area contributed by atoms with Crippen LogP contribution in [0.5, 0.6) is 5.75 Å². The number of ether oxygens (including phenoxy) is 1. The molecular formula is C16H23NO2. The van der Waals surface area contributed by atoms with Crippen LogP contribution in [-0.2, 0) is 11.2 Å². The average Bonchev–Trinajstić information content (AvgIpc) is 2.71. The third kappa shape index (κ3) is 3.49. The smallest absolute Gasteiger partial charge is 0.220 e. The minimum atomic E-state index is -0.0620. The normalized spacial score (nSPS) is 22.6. The number of hydrogen-bond donors (Lipinski definition) is 1. The quantitative estimate of drug-likeness (QED) is 0.884. The highest BCUT2D eigenvalue weighted by Gasteiger charge is 2.35. The van der Waals surface area contributed by atoms with E-state index in [2.05, 4.69) is 24.4 Å². The molecule has 1 heterocycles. The van der Waals surface area contributed by atoms with Gasteiger partial charge in [0.1, 0.15) is 5.75 Å². The Labute approximate surface area is 115 Å². The molecule has 1 aliphatic heterocycles. The Bertz CT molecular complexity index is 456. The van der Waals surface area contributed by atoms with Crippen LogP contribution in [0.1, 0.15) is 45.6 Å². The van der Waals surface area contributed by atoms with E-state index in [4.69, 9.17) is 4.74 Å². The predicted molar refractivity (Wildman–Crippen MR) is 76.3 cm³/mol. The third-order valence-corrected chi connectivity index (χ3v) is 3.72. The summed E-state index contributed by atoms with van der Waals surface area (Å²) in [6.07, 6.45) is 3.60. The monoisotopic (exact) mass is 261 g/mol. The molecule has 2 rings (SSSR count). The highest BCUT2D eigenvalue weighted by Crippen LogP contribution is 2.29. The molecule has 1 unspecified atom stereocenters. The second-order valence-corrected chi connectivity index (χ2v) is 5.67. The number of benzene rings is 1. The molecule has 0 radical (unpaired) electrons. The first kappa shape index (κ1) is 13.9. The maximum Gasteiger partial charge on any atom is 0.220 e. The lowest BCUT2D eigenvalue weighted by Crippen LogP contribution is -2.42. The number of nitrogens with one attached hydrogen (secondary N) is 1. The van der Waals surface area contributed by atoms with E-state index in [9.17, 15) is 4.79 Å². The first-order valence-electron chi connectivity index (χ1n) is 7.09. The topological polar surface area (TPSA) is 38.3 Å². The molecule has 1 aromatic rings. The van der Waals surface area contributed by atoms with Crippen LogP contribution in [-0.4, -0.2) is 17.6 Å². The highest BCUT2D eigenvalue weighted by atomic mass is 16.5. The highest BCUT2D eigenvalue weighted by molar-refractivity contribution is 5.79. The lowest BCUT2D eigenvalue weighted by molar-refractivity contribution is -0.119. The van der Waals surface area contributed by atoms with Crippen LogP contribution in [0.3, 0.4) is 0 Å². The van der Waals surface area contributed by atoms with Crippen LogP contribution < -0.4 is 10.1 Å². The lowest BCUT2D eigenvalue weighted by atomic mass is 9.87. The van der Waals surface area contributed by atoms with Gasteiger partial charge in [0.2, 0.25) is 5.91 Å². The zero-order valence-corrected chi connectivity index (χ0v) is 12.0. The molecule has 0 bridgehead atoms. The molecule has 0 aromatic heterocycles. The van der Waals surface area contributed by atoms with Gasteiger partial charge in [-0.25, -0.2) is 0 Å². The number of hydrogen-bond acceptors (Lipinski definition) is 2. The lowest BCUT2D eigenvalue weighted by Gasteiger charge is -2.28. The molecule has 0 aliphatic carbocycles. The largest absolute Gasteiger partial charge is 0.491 e. The van der Waals surface area contributed by atoms with E-state index in [1.165, 1.54) is 5.56 Å². The number of carbonyl (C=O) groups is 1. The van der Waals surface area contributed by atoms with Crippen LogP contribution in [0.25, 0.3) is 0 Å². The van der Waals surface area contributed by atoms with Gasteiger partial charge in [0.15, 0.2) is 0 Å². The fourth-order valence-corrected chi connectivity index (χ4v) is 2.69. The Balaban J connectivity index is 2.11. The standard InChI is InChI=1S/C16H23NO2/c1-4-16(9-8-15(18)17-16)11-13-6-5-7-14(10-13)19-12(2)3/h5-7,10,12H,4,8-9,11H2,1-3H3,(H,17,18). The van der Waals surface area contributed by atoms with Crippen molar-refractivity contribution >= 4 is 5.91 Å². The Morgan fingerprint density at radius 2 is 2.21 bits per heavy atom. The molecule has 1 saturated heterocycles. The summed E-state index contributed by atoms with van der Waals surface area (Å²) in [5, 5.41) is 3.15. The first-order valence-corrected chi connectivity index (χ1v) is 7.09. The molecule has 3 nitrogen and oxygen atoms in total. The maximum atomic E-state index is 11.5. The summed E-state index contributed by atoms with van der Waals surface area (Å²) < 4.78 is 5.72. The van der Waals surface area contributed by atoms with E-state index >= 15 is 0 Å². The van der Waals surface area contributed by atoms with Crippen LogP contribution in [0.2, 0.25) is 0 Å². The van der Waals surface area contributed by atoms with Crippen molar-refractivity contribution in [3.63, 3.8) is 0 Å². The minimum Gasteiger partial charge on any atom is -0.491 e. The Hall–Kier alpha value is -1.51. The zero-order valence-electron chi connectivity index (χ0n) is 12.0. The van der Waals surface area contributed by atoms with Gasteiger partial charge >= 0.3 is 0 Å². The fraction of sp³-hybridized carbons (Fsp3) is 0.562. The minimum absolute atomic E-state index is 0.0620. The zero-order chi connectivity index (χ0) is 13.9. The molecule has 1 atom stereocenters. The molecule has 19 heavy (non-hydrogen) atoms. The van der Waals surface area contributed by atoms with Crippen molar-refractivity contribution in [1.82, 2.24) is 5.32 Å². The molecular weight excluding hydrogens is 238 g/mol. The SMILES string of the molecule is CCC1(Cc2cccc(OC(C)C)c2)CCC(=O)N1. The van der Waals surface area contributed by atoms with Gasteiger partial charge < -0.3 is 10.1 Å². The summed E-state index contributed by atoms with van der Waals surface area (Å²) >= 11 is 0. The number of rotatable bonds is 5. The summed E-state index contributed by atoms with van der Waals surface area (Å²) in [5.74, 6) is 1.08. The van der Waals surface area contributed by atoms with Crippen molar-refractivity contribution in [3.05, 3.63) is 29.8 Å². The maximum absolute atomic E-state index is 11.5. The first-order chi connectivity index (χ1) is 9.03. The summed E-state index contributed by atoms with van der Waals surface area (Å²) in [5.41, 5.74) is 1.16. The van der Waals surface area contributed by atoms with E-state index in [0.717, 1.165) is 25.0 Å². The van der Waals surface area contributed by atoms with Crippen molar-refractivity contribution in [2.24, 2.45) is 0 Å². The van der Waals surface area contributed by atoms with Gasteiger partial charge in [-0.15, -0.1) is 0 Å². The van der Waals surface area contributed by atoms with Crippen molar-refractivity contribution in [2.75, 3.05) is 0 Å². The molecule has 1 fully saturated rings. The van der Waals surface area contributed by atoms with Gasteiger partial charge in [0.05, 0.1) is 6.10 Å². The molecule has 3 heteroatoms. The van der Waals surface area contributed by atoms with Gasteiger partial charge in [0.25, 0.3) is 0 Å². The Morgan fingerprint density at radius 1 is 1.42 bits per heavy atom. The van der Waals surface area contributed by atoms with E-state index in [-0.39, 0.29) is 17.6 Å². The van der Waals surface area contributed by atoms with Crippen molar-refractivity contribution in [3.8, 4) is 5.75 Å². The predicted octanol–water partition coefficient (Wildman–Crippen LogP) is 3.08. The van der Waals surface area contributed by atoms with Gasteiger partial charge in [-0.05, 0) is 50.8 Å². The van der Waals surface area contributed by atoms with Crippen molar-refractivity contribution in [2.45, 2.75) is 58.1 Å². The van der Waals surface area contributed by atoms with Gasteiger partial charge in [0, 0.05) is 12.0 Å². The average molecular weight is 261 g/mol. The summed E-state index contributed by atoms with van der Waals surface area (Å²) in [7, 11) is 0. The van der Waals surface area contributed by atoms with Crippen LogP contribution in [0.4, 0.5) is 0 Å². The van der Waals surface area contributed by atoms with Crippen molar-refractivity contribution < 1.29 is 9.53 Å². The molecule has 0 spiro atoms. The van der Waals surface area contributed by atoms with Gasteiger partial charge in [-0.2, -0.15) is 0 Å². The Morgan fingerprint density at radius 3 is 2.79 bits per heavy atom. The van der Waals surface area contributed by atoms with E-state index in [1.54, 1.807) is 0 Å². The van der Waals surface area contributed by atoms with E-state index in [1.807, 2.05) is 26.0 Å². The van der Waals surface area contributed by atoms with Gasteiger partial charge in [-0.3, -0.25) is 4.79 Å². The molecule has 1 amide bonds. The second kappa shape index (κ2) is 5.64.